The Balaban J connectivity index is 0.00000160. The molecular formula is C21H26BrNO4. The van der Waals surface area contributed by atoms with Gasteiger partial charge in [0.2, 0.25) is 0 Å². The first-order valence-electron chi connectivity index (χ1n) is 10.0. The fraction of sp³-hybridized carbons (Fsp3) is 0.667. The van der Waals surface area contributed by atoms with E-state index in [0.717, 1.165) is 47.5 Å². The zero-order chi connectivity index (χ0) is 17.9. The summed E-state index contributed by atoms with van der Waals surface area (Å²) in [6, 6.07) is 3.77. The number of hydrogen-bond donors (Lipinski definition) is 2. The number of benzene rings is 1. The van der Waals surface area contributed by atoms with Crippen molar-refractivity contribution in [1.82, 2.24) is 0 Å². The summed E-state index contributed by atoms with van der Waals surface area (Å²) in [7, 11) is 2.31. The lowest BCUT2D eigenvalue weighted by molar-refractivity contribution is -0.950. The molecule has 3 fully saturated rings. The van der Waals surface area contributed by atoms with Crippen molar-refractivity contribution in [3.63, 3.8) is 0 Å². The van der Waals surface area contributed by atoms with Gasteiger partial charge in [0.25, 0.3) is 0 Å². The van der Waals surface area contributed by atoms with Crippen LogP contribution in [-0.2, 0) is 16.6 Å². The minimum Gasteiger partial charge on any atom is -1.00 e. The molecule has 5 atom stereocenters. The van der Waals surface area contributed by atoms with Gasteiger partial charge in [-0.2, -0.15) is 0 Å². The largest absolute Gasteiger partial charge is 1.00 e. The van der Waals surface area contributed by atoms with Crippen LogP contribution in [0.5, 0.6) is 11.5 Å². The minimum absolute atomic E-state index is 0. The number of quaternary nitrogens is 1. The van der Waals surface area contributed by atoms with E-state index in [1.807, 2.05) is 6.07 Å². The fourth-order valence-corrected chi connectivity index (χ4v) is 6.94. The summed E-state index contributed by atoms with van der Waals surface area (Å²) in [6.45, 7) is 2.09. The summed E-state index contributed by atoms with van der Waals surface area (Å²) in [5.41, 5.74) is 0.492. The summed E-state index contributed by atoms with van der Waals surface area (Å²) in [4.78, 5) is 12.8. The molecule has 5 aliphatic rings. The Bertz CT molecular complexity index is 855. The highest BCUT2D eigenvalue weighted by Crippen LogP contribution is 2.65. The van der Waals surface area contributed by atoms with E-state index in [2.05, 4.69) is 7.05 Å². The van der Waals surface area contributed by atoms with Crippen LogP contribution in [-0.4, -0.2) is 58.4 Å². The minimum atomic E-state index is -0.931. The van der Waals surface area contributed by atoms with Crippen molar-refractivity contribution < 1.29 is 41.2 Å². The molecular weight excluding hydrogens is 410 g/mol. The van der Waals surface area contributed by atoms with E-state index in [1.54, 1.807) is 6.07 Å². The van der Waals surface area contributed by atoms with Gasteiger partial charge in [0, 0.05) is 30.7 Å². The van der Waals surface area contributed by atoms with Gasteiger partial charge in [-0.3, -0.25) is 4.79 Å². The zero-order valence-corrected chi connectivity index (χ0v) is 17.2. The van der Waals surface area contributed by atoms with Crippen molar-refractivity contribution in [2.75, 3.05) is 20.1 Å². The number of aromatic hydroxyl groups is 1. The van der Waals surface area contributed by atoms with Crippen LogP contribution in [0.3, 0.4) is 0 Å². The molecule has 0 amide bonds. The van der Waals surface area contributed by atoms with Crippen molar-refractivity contribution in [3.05, 3.63) is 23.3 Å². The number of hydrogen-bond acceptors (Lipinski definition) is 4. The molecule has 27 heavy (non-hydrogen) atoms. The van der Waals surface area contributed by atoms with E-state index in [4.69, 9.17) is 4.74 Å². The number of rotatable bonds is 2. The van der Waals surface area contributed by atoms with Gasteiger partial charge in [-0.05, 0) is 30.9 Å². The second kappa shape index (κ2) is 5.28. The average molecular weight is 436 g/mol. The Morgan fingerprint density at radius 1 is 1.30 bits per heavy atom. The summed E-state index contributed by atoms with van der Waals surface area (Å²) in [5, 5.41) is 22.5. The highest BCUT2D eigenvalue weighted by atomic mass is 79.9. The maximum Gasteiger partial charge on any atom is 0.174 e. The molecule has 3 aliphatic carbocycles. The Hall–Kier alpha value is -1.11. The van der Waals surface area contributed by atoms with E-state index < -0.39 is 17.1 Å². The van der Waals surface area contributed by atoms with Crippen LogP contribution in [0.4, 0.5) is 0 Å². The molecule has 0 aromatic heterocycles. The molecule has 1 aromatic rings. The Labute approximate surface area is 169 Å². The van der Waals surface area contributed by atoms with Gasteiger partial charge in [-0.1, -0.05) is 6.07 Å². The Morgan fingerprint density at radius 3 is 2.81 bits per heavy atom. The van der Waals surface area contributed by atoms with Crippen LogP contribution in [0, 0.1) is 5.92 Å². The van der Waals surface area contributed by atoms with E-state index in [-0.39, 0.29) is 34.6 Å². The summed E-state index contributed by atoms with van der Waals surface area (Å²) >= 11 is 0. The lowest BCUT2D eigenvalue weighted by Gasteiger charge is -2.64. The monoisotopic (exact) mass is 435 g/mol. The van der Waals surface area contributed by atoms with Crippen LogP contribution >= 0.6 is 0 Å². The summed E-state index contributed by atoms with van der Waals surface area (Å²) in [6.07, 6.45) is 4.42. The van der Waals surface area contributed by atoms with Gasteiger partial charge in [0.05, 0.1) is 25.6 Å². The van der Waals surface area contributed by atoms with Crippen molar-refractivity contribution in [1.29, 1.82) is 0 Å². The molecule has 1 aromatic carbocycles. The number of likely N-dealkylation sites (tertiary alicyclic amines) is 1. The molecule has 6 rings (SSSR count). The number of Topliss-reactive ketones (excluding diaryl/α,β-unsaturated/α-hetero) is 1. The fourth-order valence-electron chi connectivity index (χ4n) is 6.94. The van der Waals surface area contributed by atoms with Crippen LogP contribution in [0.15, 0.2) is 12.1 Å². The molecule has 146 valence electrons. The zero-order valence-electron chi connectivity index (χ0n) is 15.6. The molecule has 0 unspecified atom stereocenters. The first-order valence-corrected chi connectivity index (χ1v) is 10.0. The smallest absolute Gasteiger partial charge is 0.174 e. The van der Waals surface area contributed by atoms with Crippen LogP contribution in [0.1, 0.15) is 43.2 Å². The normalized spacial score (nSPS) is 43.6. The third-order valence-corrected chi connectivity index (χ3v) is 8.28. The van der Waals surface area contributed by atoms with Crippen LogP contribution < -0.4 is 21.7 Å². The number of carbonyl (C=O) groups is 1. The van der Waals surface area contributed by atoms with Gasteiger partial charge >= 0.3 is 0 Å². The topological polar surface area (TPSA) is 66.8 Å². The van der Waals surface area contributed by atoms with Crippen LogP contribution in [0.2, 0.25) is 0 Å². The van der Waals surface area contributed by atoms with Gasteiger partial charge in [-0.15, -0.1) is 0 Å². The van der Waals surface area contributed by atoms with E-state index in [9.17, 15) is 15.0 Å². The van der Waals surface area contributed by atoms with E-state index in [0.29, 0.717) is 18.6 Å². The number of phenols is 1. The predicted octanol–water partition coefficient (Wildman–Crippen LogP) is -1.33. The SMILES string of the molecule is C[N@@+]1(CC2CC2)CC[C@]23c4c5ccc(O)c4O[C@H]2C(=O)CC[C@]3(O)[C@H]1C5.[Br-]. The molecule has 1 saturated heterocycles. The van der Waals surface area contributed by atoms with Crippen molar-refractivity contribution >= 4 is 5.78 Å². The molecule has 2 bridgehead atoms. The van der Waals surface area contributed by atoms with Gasteiger partial charge < -0.3 is 36.4 Å². The number of likely N-dealkylation sites (N-methyl/N-ethyl adjacent to an activating group) is 1. The lowest BCUT2D eigenvalue weighted by atomic mass is 9.48. The third-order valence-electron chi connectivity index (χ3n) is 8.28. The van der Waals surface area contributed by atoms with Crippen molar-refractivity contribution in [2.45, 2.75) is 61.7 Å². The number of phenolic OH excluding ortho intramolecular Hbond substituents is 1. The number of halogens is 1. The van der Waals surface area contributed by atoms with E-state index in [1.165, 1.54) is 12.8 Å². The molecule has 2 saturated carbocycles. The highest BCUT2D eigenvalue weighted by Gasteiger charge is 2.76. The van der Waals surface area contributed by atoms with Gasteiger partial charge in [0.1, 0.15) is 11.6 Å². The van der Waals surface area contributed by atoms with Crippen molar-refractivity contribution in [3.8, 4) is 11.5 Å². The molecule has 0 radical (unpaired) electrons. The number of piperidine rings is 1. The molecule has 6 heteroatoms. The van der Waals surface area contributed by atoms with Crippen LogP contribution in [0.25, 0.3) is 0 Å². The average Bonchev–Trinajstić information content (AvgIpc) is 3.32. The Kier molecular flexibility index (Phi) is 3.51. The third kappa shape index (κ3) is 1.94. The highest BCUT2D eigenvalue weighted by molar-refractivity contribution is 5.90. The summed E-state index contributed by atoms with van der Waals surface area (Å²) < 4.78 is 6.98. The second-order valence-electron chi connectivity index (χ2n) is 9.61. The second-order valence-corrected chi connectivity index (χ2v) is 9.61. The first kappa shape index (κ1) is 18.0. The lowest BCUT2D eigenvalue weighted by Crippen LogP contribution is -3.00. The molecule has 2 aliphatic heterocycles. The van der Waals surface area contributed by atoms with Crippen molar-refractivity contribution in [2.24, 2.45) is 5.92 Å². The standard InChI is InChI=1S/C21H25NO4.BrH/c1-22(11-12-2-3-12)9-8-20-17-13-4-5-14(23)18(17)26-19(20)15(24)6-7-21(20,25)16(22)10-13;/h4-5,12,16,19,25H,2-3,6-11H2,1H3;1H/t16-,19+,20+,21+,22+;/m1./s1. The predicted molar refractivity (Wildman–Crippen MR) is 94.1 cm³/mol. The quantitative estimate of drug-likeness (QED) is 0.565. The van der Waals surface area contributed by atoms with Gasteiger partial charge in [-0.25, -0.2) is 0 Å². The number of ketones is 1. The molecule has 5 nitrogen and oxygen atoms in total. The number of aliphatic hydroxyl groups is 1. The van der Waals surface area contributed by atoms with E-state index >= 15 is 0 Å². The Morgan fingerprint density at radius 2 is 2.07 bits per heavy atom. The molecule has 1 spiro atoms. The maximum absolute atomic E-state index is 12.8. The first-order chi connectivity index (χ1) is 12.4. The number of nitrogens with zero attached hydrogens (tertiary/aromatic N) is 1. The number of carbonyl (C=O) groups excluding carboxylic acids is 1. The number of ether oxygens (including phenoxy) is 1. The molecule has 2 N–H and O–H groups in total. The summed E-state index contributed by atoms with van der Waals surface area (Å²) in [5.74, 6) is 1.42. The molecule has 2 heterocycles. The maximum atomic E-state index is 12.8. The van der Waals surface area contributed by atoms with Gasteiger partial charge in [0.15, 0.2) is 23.4 Å².